The molecule has 1 aliphatic rings. The van der Waals surface area contributed by atoms with E-state index >= 15 is 0 Å². The molecule has 0 bridgehead atoms. The second kappa shape index (κ2) is 11.0. The van der Waals surface area contributed by atoms with Crippen LogP contribution in [0.5, 0.6) is 0 Å². The Labute approximate surface area is 196 Å². The smallest absolute Gasteiger partial charge is 0.328 e. The van der Waals surface area contributed by atoms with Gasteiger partial charge in [0.05, 0.1) is 12.3 Å². The predicted molar refractivity (Wildman–Crippen MR) is 119 cm³/mol. The van der Waals surface area contributed by atoms with Crippen LogP contribution in [-0.4, -0.2) is 81.8 Å². The number of ether oxygens (including phenoxy) is 3. The number of aromatic amines is 1. The van der Waals surface area contributed by atoms with Gasteiger partial charge in [0.25, 0.3) is 0 Å². The van der Waals surface area contributed by atoms with Crippen LogP contribution in [0.3, 0.4) is 0 Å². The normalized spacial score (nSPS) is 25.5. The van der Waals surface area contributed by atoms with Crippen molar-refractivity contribution in [3.05, 3.63) is 35.5 Å². The van der Waals surface area contributed by atoms with Gasteiger partial charge < -0.3 is 39.8 Å². The van der Waals surface area contributed by atoms with Crippen molar-refractivity contribution >= 4 is 28.7 Å². The van der Waals surface area contributed by atoms with E-state index in [0.29, 0.717) is 22.2 Å². The van der Waals surface area contributed by atoms with Crippen LogP contribution in [0.15, 0.2) is 24.3 Å². The van der Waals surface area contributed by atoms with Crippen LogP contribution < -0.4 is 5.32 Å². The van der Waals surface area contributed by atoms with Gasteiger partial charge in [-0.1, -0.05) is 18.2 Å². The standard InChI is InChI=1S/C23H30N2O9/c1-4-32-23(31)16(24-11(2)26)9-14-13-7-5-6-8-15(13)25-18(14)22-21(30)20(29)19(28)17(34-22)10-33-12(3)27/h5-8,16-17,19-22,25,28-30H,4,9-10H2,1-3H3,(H,24,26)/t16-,17+,19+,20-,21-,22+/m0/s1. The highest BCUT2D eigenvalue weighted by Gasteiger charge is 2.46. The number of esters is 2. The Hall–Kier alpha value is -2.99. The van der Waals surface area contributed by atoms with E-state index in [-0.39, 0.29) is 19.6 Å². The molecule has 186 valence electrons. The number of H-pyrrole nitrogens is 1. The summed E-state index contributed by atoms with van der Waals surface area (Å²) in [7, 11) is 0. The number of benzene rings is 1. The zero-order valence-corrected chi connectivity index (χ0v) is 19.2. The maximum Gasteiger partial charge on any atom is 0.328 e. The lowest BCUT2D eigenvalue weighted by atomic mass is 9.90. The molecule has 0 saturated carbocycles. The molecule has 1 amide bonds. The van der Waals surface area contributed by atoms with Crippen molar-refractivity contribution in [2.45, 2.75) is 63.8 Å². The molecular weight excluding hydrogens is 448 g/mol. The Kier molecular flexibility index (Phi) is 8.26. The zero-order valence-electron chi connectivity index (χ0n) is 19.2. The molecule has 34 heavy (non-hydrogen) atoms. The fraction of sp³-hybridized carbons (Fsp3) is 0.522. The number of nitrogens with one attached hydrogen (secondary N) is 2. The number of fused-ring (bicyclic) bond motifs is 1. The highest BCUT2D eigenvalue weighted by atomic mass is 16.6. The summed E-state index contributed by atoms with van der Waals surface area (Å²) >= 11 is 0. The van der Waals surface area contributed by atoms with Gasteiger partial charge in [-0.05, 0) is 18.6 Å². The average Bonchev–Trinajstić information content (AvgIpc) is 3.14. The molecule has 1 saturated heterocycles. The third-order valence-corrected chi connectivity index (χ3v) is 5.65. The van der Waals surface area contributed by atoms with Crippen molar-refractivity contribution in [1.82, 2.24) is 10.3 Å². The van der Waals surface area contributed by atoms with Gasteiger partial charge in [-0.3, -0.25) is 9.59 Å². The minimum absolute atomic E-state index is 0.0115. The molecule has 5 N–H and O–H groups in total. The number of aromatic nitrogens is 1. The monoisotopic (exact) mass is 478 g/mol. The molecule has 1 aliphatic heterocycles. The molecule has 1 fully saturated rings. The summed E-state index contributed by atoms with van der Waals surface area (Å²) in [5.41, 5.74) is 1.58. The van der Waals surface area contributed by atoms with Gasteiger partial charge in [0.2, 0.25) is 5.91 Å². The molecule has 2 heterocycles. The lowest BCUT2D eigenvalue weighted by Crippen LogP contribution is -2.55. The Morgan fingerprint density at radius 2 is 1.79 bits per heavy atom. The second-order valence-corrected chi connectivity index (χ2v) is 8.14. The van der Waals surface area contributed by atoms with Crippen LogP contribution in [-0.2, 0) is 35.0 Å². The molecule has 6 atom stereocenters. The summed E-state index contributed by atoms with van der Waals surface area (Å²) in [6.45, 7) is 3.94. The zero-order chi connectivity index (χ0) is 25.0. The van der Waals surface area contributed by atoms with E-state index in [9.17, 15) is 29.7 Å². The Balaban J connectivity index is 2.02. The van der Waals surface area contributed by atoms with Crippen molar-refractivity contribution in [2.75, 3.05) is 13.2 Å². The molecule has 1 aromatic carbocycles. The summed E-state index contributed by atoms with van der Waals surface area (Å²) in [4.78, 5) is 38.7. The van der Waals surface area contributed by atoms with Crippen LogP contribution in [0.1, 0.15) is 38.1 Å². The van der Waals surface area contributed by atoms with E-state index in [2.05, 4.69) is 10.3 Å². The van der Waals surface area contributed by atoms with Crippen LogP contribution in [0, 0.1) is 0 Å². The summed E-state index contributed by atoms with van der Waals surface area (Å²) in [5.74, 6) is -1.64. The number of carbonyl (C=O) groups is 3. The summed E-state index contributed by atoms with van der Waals surface area (Å²) in [6.07, 6.45) is -6.86. The van der Waals surface area contributed by atoms with Crippen molar-refractivity contribution in [2.24, 2.45) is 0 Å². The topological polar surface area (TPSA) is 167 Å². The fourth-order valence-electron chi connectivity index (χ4n) is 4.10. The summed E-state index contributed by atoms with van der Waals surface area (Å²) < 4.78 is 15.9. The Bertz CT molecular complexity index is 1040. The third kappa shape index (κ3) is 5.55. The highest BCUT2D eigenvalue weighted by molar-refractivity contribution is 5.88. The Morgan fingerprint density at radius 3 is 2.44 bits per heavy atom. The van der Waals surface area contributed by atoms with E-state index in [4.69, 9.17) is 14.2 Å². The van der Waals surface area contributed by atoms with Crippen molar-refractivity contribution in [1.29, 1.82) is 0 Å². The third-order valence-electron chi connectivity index (χ3n) is 5.65. The quantitative estimate of drug-likeness (QED) is 0.325. The van der Waals surface area contributed by atoms with E-state index < -0.39 is 54.4 Å². The van der Waals surface area contributed by atoms with Crippen LogP contribution in [0.2, 0.25) is 0 Å². The first-order valence-corrected chi connectivity index (χ1v) is 11.0. The lowest BCUT2D eigenvalue weighted by molar-refractivity contribution is -0.235. The predicted octanol–water partition coefficient (Wildman–Crippen LogP) is -0.136. The van der Waals surface area contributed by atoms with Crippen LogP contribution in [0.25, 0.3) is 10.9 Å². The maximum atomic E-state index is 12.5. The number of aliphatic hydroxyl groups is 3. The minimum Gasteiger partial charge on any atom is -0.464 e. The van der Waals surface area contributed by atoms with E-state index in [1.54, 1.807) is 31.2 Å². The molecule has 11 nitrogen and oxygen atoms in total. The van der Waals surface area contributed by atoms with Crippen LogP contribution in [0.4, 0.5) is 0 Å². The van der Waals surface area contributed by atoms with Gasteiger partial charge in [-0.15, -0.1) is 0 Å². The first-order valence-electron chi connectivity index (χ1n) is 11.0. The molecule has 0 aliphatic carbocycles. The van der Waals surface area contributed by atoms with Gasteiger partial charge in [0.15, 0.2) is 0 Å². The first kappa shape index (κ1) is 25.6. The molecule has 1 aromatic heterocycles. The number of carbonyl (C=O) groups excluding carboxylic acids is 3. The number of hydrogen-bond acceptors (Lipinski definition) is 9. The molecule has 11 heteroatoms. The summed E-state index contributed by atoms with van der Waals surface area (Å²) in [5, 5.41) is 34.9. The van der Waals surface area contributed by atoms with Gasteiger partial charge in [-0.25, -0.2) is 4.79 Å². The largest absolute Gasteiger partial charge is 0.464 e. The highest BCUT2D eigenvalue weighted by Crippen LogP contribution is 2.37. The van der Waals surface area contributed by atoms with Gasteiger partial charge >= 0.3 is 11.9 Å². The molecule has 2 aromatic rings. The molecule has 0 spiro atoms. The van der Waals surface area contributed by atoms with Crippen LogP contribution >= 0.6 is 0 Å². The fourth-order valence-corrected chi connectivity index (χ4v) is 4.10. The van der Waals surface area contributed by atoms with E-state index in [1.165, 1.54) is 13.8 Å². The molecule has 0 radical (unpaired) electrons. The van der Waals surface area contributed by atoms with E-state index in [0.717, 1.165) is 0 Å². The molecule has 0 unspecified atom stereocenters. The number of aliphatic hydroxyl groups excluding tert-OH is 3. The number of amides is 1. The van der Waals surface area contributed by atoms with Crippen molar-refractivity contribution in [3.63, 3.8) is 0 Å². The second-order valence-electron chi connectivity index (χ2n) is 8.14. The molecule has 3 rings (SSSR count). The first-order chi connectivity index (χ1) is 16.1. The van der Waals surface area contributed by atoms with Gasteiger partial charge in [-0.2, -0.15) is 0 Å². The lowest BCUT2D eigenvalue weighted by Gasteiger charge is -2.40. The molecular formula is C23H30N2O9. The average molecular weight is 478 g/mol. The van der Waals surface area contributed by atoms with Gasteiger partial charge in [0, 0.05) is 31.2 Å². The van der Waals surface area contributed by atoms with Gasteiger partial charge in [0.1, 0.15) is 43.2 Å². The summed E-state index contributed by atoms with van der Waals surface area (Å²) in [6, 6.07) is 6.17. The number of para-hydroxylation sites is 1. The van der Waals surface area contributed by atoms with Crippen molar-refractivity contribution in [3.8, 4) is 0 Å². The van der Waals surface area contributed by atoms with E-state index in [1.807, 2.05) is 0 Å². The number of hydrogen-bond donors (Lipinski definition) is 5. The van der Waals surface area contributed by atoms with Crippen molar-refractivity contribution < 1.29 is 43.9 Å². The number of rotatable bonds is 8. The Morgan fingerprint density at radius 1 is 1.09 bits per heavy atom. The SMILES string of the molecule is CCOC(=O)[C@H](Cc1c([C@H]2O[C@H](COC(C)=O)[C@@H](O)[C@H](O)[C@@H]2O)[nH]c2ccccc12)NC(C)=O. The minimum atomic E-state index is -1.59. The maximum absolute atomic E-state index is 12.5.